The molecule has 1 heterocycles. The van der Waals surface area contributed by atoms with Crippen LogP contribution in [-0.4, -0.2) is 28.5 Å². The van der Waals surface area contributed by atoms with Crippen LogP contribution in [0.5, 0.6) is 5.75 Å². The Balaban J connectivity index is 1.86. The number of nitrogens with zero attached hydrogens (tertiary/aromatic N) is 3. The van der Waals surface area contributed by atoms with Gasteiger partial charge in [0.1, 0.15) is 5.75 Å². The van der Waals surface area contributed by atoms with Crippen LogP contribution >= 0.6 is 23.1 Å². The standard InChI is InChI=1S/C20H15F4N3O2S2/c21-17(22)29-15-9-5-4-8-14(15)10-11-16(28)27(12-13-6-2-1-3-7-13)19-25-26-20(31-19)30-18(23)24/h1-11,17-18H,12H2. The molecule has 0 bridgehead atoms. The van der Waals surface area contributed by atoms with Crippen LogP contribution in [0.3, 0.4) is 0 Å². The molecule has 1 amide bonds. The maximum Gasteiger partial charge on any atom is 0.387 e. The molecule has 11 heteroatoms. The van der Waals surface area contributed by atoms with Gasteiger partial charge in [0.15, 0.2) is 4.34 Å². The lowest BCUT2D eigenvalue weighted by molar-refractivity contribution is -0.114. The molecular weight excluding hydrogens is 454 g/mol. The lowest BCUT2D eigenvalue weighted by atomic mass is 10.2. The van der Waals surface area contributed by atoms with E-state index in [0.717, 1.165) is 16.9 Å². The molecule has 3 aromatic rings. The summed E-state index contributed by atoms with van der Waals surface area (Å²) in [4.78, 5) is 14.2. The lowest BCUT2D eigenvalue weighted by Crippen LogP contribution is -2.28. The molecule has 1 aromatic heterocycles. The summed E-state index contributed by atoms with van der Waals surface area (Å²) >= 11 is 1.10. The number of hydrogen-bond acceptors (Lipinski definition) is 6. The van der Waals surface area contributed by atoms with Crippen LogP contribution in [0, 0.1) is 0 Å². The van der Waals surface area contributed by atoms with E-state index >= 15 is 0 Å². The molecule has 0 radical (unpaired) electrons. The Morgan fingerprint density at radius 3 is 2.48 bits per heavy atom. The van der Waals surface area contributed by atoms with Crippen molar-refractivity contribution in [3.05, 3.63) is 71.8 Å². The van der Waals surface area contributed by atoms with Crippen molar-refractivity contribution in [3.63, 3.8) is 0 Å². The number of aromatic nitrogens is 2. The van der Waals surface area contributed by atoms with E-state index in [4.69, 9.17) is 0 Å². The number of halogens is 4. The summed E-state index contributed by atoms with van der Waals surface area (Å²) in [5.74, 6) is -3.27. The molecule has 31 heavy (non-hydrogen) atoms. The number of thioether (sulfide) groups is 1. The summed E-state index contributed by atoms with van der Waals surface area (Å²) in [5, 5.41) is 7.69. The third kappa shape index (κ3) is 6.79. The van der Waals surface area contributed by atoms with Gasteiger partial charge in [-0.3, -0.25) is 9.69 Å². The van der Waals surface area contributed by atoms with E-state index in [-0.39, 0.29) is 39.1 Å². The third-order valence-corrected chi connectivity index (χ3v) is 5.55. The first kappa shape index (κ1) is 22.8. The van der Waals surface area contributed by atoms with Crippen molar-refractivity contribution in [2.75, 3.05) is 4.90 Å². The van der Waals surface area contributed by atoms with Gasteiger partial charge in [-0.05, 0) is 29.5 Å². The first-order valence-corrected chi connectivity index (χ1v) is 10.5. The van der Waals surface area contributed by atoms with Crippen LogP contribution in [0.15, 0.2) is 65.0 Å². The van der Waals surface area contributed by atoms with Gasteiger partial charge >= 0.3 is 6.61 Å². The number of alkyl halides is 4. The molecule has 0 aliphatic carbocycles. The molecule has 0 N–H and O–H groups in total. The highest BCUT2D eigenvalue weighted by molar-refractivity contribution is 8.01. The quantitative estimate of drug-likeness (QED) is 0.174. The maximum atomic E-state index is 12.9. The van der Waals surface area contributed by atoms with E-state index in [1.165, 1.54) is 35.3 Å². The van der Waals surface area contributed by atoms with Crippen molar-refractivity contribution in [1.82, 2.24) is 10.2 Å². The zero-order valence-corrected chi connectivity index (χ0v) is 17.3. The fraction of sp³-hybridized carbons (Fsp3) is 0.150. The van der Waals surface area contributed by atoms with E-state index in [2.05, 4.69) is 14.9 Å². The third-order valence-electron chi connectivity index (χ3n) is 3.81. The SMILES string of the molecule is O=C(C=Cc1ccccc1OC(F)F)N(Cc1ccccc1)c1nnc(SC(F)F)s1. The molecule has 0 saturated carbocycles. The zero-order valence-electron chi connectivity index (χ0n) is 15.7. The Bertz CT molecular complexity index is 1030. The van der Waals surface area contributed by atoms with Crippen LogP contribution in [-0.2, 0) is 11.3 Å². The molecule has 0 aliphatic heterocycles. The lowest BCUT2D eigenvalue weighted by Gasteiger charge is -2.17. The molecule has 5 nitrogen and oxygen atoms in total. The molecular formula is C20H15F4N3O2S2. The number of carbonyl (C=O) groups excluding carboxylic acids is 1. The molecule has 0 fully saturated rings. The van der Waals surface area contributed by atoms with E-state index < -0.39 is 18.3 Å². The first-order chi connectivity index (χ1) is 14.9. The van der Waals surface area contributed by atoms with Gasteiger partial charge in [-0.15, -0.1) is 10.2 Å². The predicted molar refractivity (Wildman–Crippen MR) is 112 cm³/mol. The van der Waals surface area contributed by atoms with Crippen molar-refractivity contribution in [2.24, 2.45) is 0 Å². The number of carbonyl (C=O) groups is 1. The van der Waals surface area contributed by atoms with Crippen molar-refractivity contribution in [3.8, 4) is 5.75 Å². The Morgan fingerprint density at radius 1 is 1.06 bits per heavy atom. The highest BCUT2D eigenvalue weighted by Crippen LogP contribution is 2.32. The number of rotatable bonds is 9. The smallest absolute Gasteiger partial charge is 0.387 e. The van der Waals surface area contributed by atoms with Gasteiger partial charge in [0.05, 0.1) is 6.54 Å². The van der Waals surface area contributed by atoms with Crippen molar-refractivity contribution in [2.45, 2.75) is 23.3 Å². The summed E-state index contributed by atoms with van der Waals surface area (Å²) in [6.07, 6.45) is 2.52. The number of ether oxygens (including phenoxy) is 1. The summed E-state index contributed by atoms with van der Waals surface area (Å²) in [7, 11) is 0. The summed E-state index contributed by atoms with van der Waals surface area (Å²) in [6, 6.07) is 15.0. The monoisotopic (exact) mass is 469 g/mol. The second kappa shape index (κ2) is 10.9. The van der Waals surface area contributed by atoms with Gasteiger partial charge in [-0.1, -0.05) is 59.9 Å². The van der Waals surface area contributed by atoms with Crippen LogP contribution < -0.4 is 9.64 Å². The van der Waals surface area contributed by atoms with Crippen molar-refractivity contribution < 1.29 is 27.1 Å². The van der Waals surface area contributed by atoms with Gasteiger partial charge in [-0.25, -0.2) is 0 Å². The number of anilines is 1. The molecule has 0 aliphatic rings. The summed E-state index contributed by atoms with van der Waals surface area (Å²) in [5.41, 5.74) is 1.06. The highest BCUT2D eigenvalue weighted by Gasteiger charge is 2.20. The Labute approximate surface area is 183 Å². The number of hydrogen-bond donors (Lipinski definition) is 0. The molecule has 0 atom stereocenters. The minimum Gasteiger partial charge on any atom is -0.434 e. The molecule has 0 saturated heterocycles. The molecule has 162 valence electrons. The number of amides is 1. The van der Waals surface area contributed by atoms with Crippen LogP contribution in [0.25, 0.3) is 6.08 Å². The molecule has 0 spiro atoms. The van der Waals surface area contributed by atoms with Gasteiger partial charge in [-0.2, -0.15) is 17.6 Å². The Morgan fingerprint density at radius 2 is 1.77 bits per heavy atom. The predicted octanol–water partition coefficient (Wildman–Crippen LogP) is 5.70. The van der Waals surface area contributed by atoms with E-state index in [1.807, 2.05) is 6.07 Å². The number of benzene rings is 2. The molecule has 2 aromatic carbocycles. The van der Waals surface area contributed by atoms with Gasteiger partial charge in [0.2, 0.25) is 5.13 Å². The van der Waals surface area contributed by atoms with Gasteiger partial charge < -0.3 is 4.74 Å². The minimum absolute atomic E-state index is 0.0236. The Kier molecular flexibility index (Phi) is 8.01. The minimum atomic E-state index is -3.01. The van der Waals surface area contributed by atoms with E-state index in [9.17, 15) is 22.4 Å². The Hall–Kier alpha value is -2.92. The fourth-order valence-corrected chi connectivity index (χ4v) is 3.97. The van der Waals surface area contributed by atoms with Crippen LogP contribution in [0.2, 0.25) is 0 Å². The average Bonchev–Trinajstić information content (AvgIpc) is 3.19. The van der Waals surface area contributed by atoms with Crippen molar-refractivity contribution in [1.29, 1.82) is 0 Å². The first-order valence-electron chi connectivity index (χ1n) is 8.78. The highest BCUT2D eigenvalue weighted by atomic mass is 32.2. The second-order valence-corrected chi connectivity index (χ2v) is 8.08. The average molecular weight is 469 g/mol. The van der Waals surface area contributed by atoms with Gasteiger partial charge in [0, 0.05) is 11.6 Å². The second-order valence-electron chi connectivity index (χ2n) is 5.89. The largest absolute Gasteiger partial charge is 0.434 e. The summed E-state index contributed by atoms with van der Waals surface area (Å²) in [6.45, 7) is -2.89. The van der Waals surface area contributed by atoms with E-state index in [1.54, 1.807) is 30.3 Å². The fourth-order valence-electron chi connectivity index (χ4n) is 2.51. The molecule has 3 rings (SSSR count). The molecule has 0 unspecified atom stereocenters. The zero-order chi connectivity index (χ0) is 22.2. The van der Waals surface area contributed by atoms with Gasteiger partial charge in [0.25, 0.3) is 11.7 Å². The van der Waals surface area contributed by atoms with Crippen LogP contribution in [0.1, 0.15) is 11.1 Å². The number of para-hydroxylation sites is 1. The topological polar surface area (TPSA) is 55.3 Å². The summed E-state index contributed by atoms with van der Waals surface area (Å²) < 4.78 is 54.9. The normalized spacial score (nSPS) is 11.4. The maximum absolute atomic E-state index is 12.9. The van der Waals surface area contributed by atoms with Crippen molar-refractivity contribution >= 4 is 40.2 Å². The van der Waals surface area contributed by atoms with Crippen LogP contribution in [0.4, 0.5) is 22.7 Å². The van der Waals surface area contributed by atoms with E-state index in [0.29, 0.717) is 0 Å².